The molecule has 15 nitrogen and oxygen atoms in total. The van der Waals surface area contributed by atoms with E-state index in [4.69, 9.17) is 33.2 Å². The molecule has 3 heterocycles. The lowest BCUT2D eigenvalue weighted by atomic mass is 9.79. The van der Waals surface area contributed by atoms with Crippen LogP contribution in [-0.4, -0.2) is 163 Å². The Labute approximate surface area is 319 Å². The van der Waals surface area contributed by atoms with Gasteiger partial charge < -0.3 is 68.1 Å². The molecule has 0 aromatic rings. The van der Waals surface area contributed by atoms with Crippen molar-refractivity contribution in [1.29, 1.82) is 0 Å². The molecule has 3 aliphatic rings. The summed E-state index contributed by atoms with van der Waals surface area (Å²) in [5.41, 5.74) is 0.721. The monoisotopic (exact) mass is 772 g/mol. The predicted molar refractivity (Wildman–Crippen MR) is 198 cm³/mol. The second-order valence-electron chi connectivity index (χ2n) is 15.4. The predicted octanol–water partition coefficient (Wildman–Crippen LogP) is 1.54. The molecule has 0 aliphatic carbocycles. The van der Waals surface area contributed by atoms with Gasteiger partial charge in [0.2, 0.25) is 6.10 Å². The quantitative estimate of drug-likeness (QED) is 0.134. The molecule has 2 saturated heterocycles. The average Bonchev–Trinajstić information content (AvgIpc) is 3.12. The molecule has 0 aromatic carbocycles. The van der Waals surface area contributed by atoms with Crippen LogP contribution in [0.1, 0.15) is 67.2 Å². The molecular weight excluding hydrogens is 706 g/mol. The van der Waals surface area contributed by atoms with Gasteiger partial charge in [-0.15, -0.1) is 0 Å². The first kappa shape index (κ1) is 46.2. The Morgan fingerprint density at radius 1 is 0.926 bits per heavy atom. The van der Waals surface area contributed by atoms with E-state index in [1.807, 2.05) is 19.9 Å². The molecule has 310 valence electrons. The number of ether oxygens (including phenoxy) is 7. The molecule has 0 bridgehead atoms. The Hall–Kier alpha value is -2.15. The highest BCUT2D eigenvalue weighted by Gasteiger charge is 2.48. The molecule has 54 heavy (non-hydrogen) atoms. The number of nitrogens with zero attached hydrogens (tertiary/aromatic N) is 1. The first-order valence-electron chi connectivity index (χ1n) is 19.1. The van der Waals surface area contributed by atoms with Crippen molar-refractivity contribution in [2.75, 3.05) is 34.9 Å². The van der Waals surface area contributed by atoms with Crippen molar-refractivity contribution >= 4 is 18.0 Å². The van der Waals surface area contributed by atoms with Crippen LogP contribution in [0.3, 0.4) is 0 Å². The fourth-order valence-corrected chi connectivity index (χ4v) is 7.77. The largest absolute Gasteiger partial charge is 0.485 e. The van der Waals surface area contributed by atoms with E-state index >= 15 is 0 Å². The third kappa shape index (κ3) is 11.7. The van der Waals surface area contributed by atoms with E-state index in [0.717, 1.165) is 11.9 Å². The number of allylic oxidation sites excluding steroid dienone is 3. The van der Waals surface area contributed by atoms with Gasteiger partial charge in [0, 0.05) is 38.9 Å². The Morgan fingerprint density at radius 2 is 1.56 bits per heavy atom. The third-order valence-corrected chi connectivity index (χ3v) is 11.1. The van der Waals surface area contributed by atoms with Gasteiger partial charge >= 0.3 is 5.97 Å². The molecule has 1 unspecified atom stereocenters. The summed E-state index contributed by atoms with van der Waals surface area (Å²) in [4.78, 5) is 38.4. The first-order valence-corrected chi connectivity index (χ1v) is 19.1. The summed E-state index contributed by atoms with van der Waals surface area (Å²) < 4.78 is 41.8. The summed E-state index contributed by atoms with van der Waals surface area (Å²) in [6, 6.07) is -0.730. The Balaban J connectivity index is 1.96. The van der Waals surface area contributed by atoms with Crippen LogP contribution in [0.4, 0.5) is 0 Å². The highest BCUT2D eigenvalue weighted by molar-refractivity contribution is 5.91. The lowest BCUT2D eigenvalue weighted by molar-refractivity contribution is -0.304. The van der Waals surface area contributed by atoms with E-state index < -0.39 is 109 Å². The van der Waals surface area contributed by atoms with E-state index in [1.165, 1.54) is 20.3 Å². The second-order valence-corrected chi connectivity index (χ2v) is 15.4. The molecule has 0 radical (unpaired) electrons. The van der Waals surface area contributed by atoms with Crippen LogP contribution < -0.4 is 0 Å². The van der Waals surface area contributed by atoms with Crippen LogP contribution in [0.25, 0.3) is 0 Å². The smallest absolute Gasteiger partial charge is 0.392 e. The van der Waals surface area contributed by atoms with Crippen LogP contribution in [-0.2, 0) is 42.7 Å². The number of hydrogen-bond acceptors (Lipinski definition) is 14. The Bertz CT molecular complexity index is 1260. The maximum absolute atomic E-state index is 13.5. The number of hydrogen-bond donors (Lipinski definition) is 4. The topological polar surface area (TPSA) is 204 Å². The number of ketones is 1. The molecule has 2 fully saturated rings. The number of cyclic esters (lactones) is 1. The van der Waals surface area contributed by atoms with E-state index in [1.54, 1.807) is 52.8 Å². The van der Waals surface area contributed by atoms with Crippen molar-refractivity contribution in [3.05, 3.63) is 23.8 Å². The molecule has 0 saturated carbocycles. The van der Waals surface area contributed by atoms with Gasteiger partial charge in [-0.2, -0.15) is 0 Å². The van der Waals surface area contributed by atoms with Gasteiger partial charge in [0.05, 0.1) is 49.1 Å². The summed E-state index contributed by atoms with van der Waals surface area (Å²) in [6.07, 6.45) is -4.86. The molecule has 5 N–H and O–H groups in total. The summed E-state index contributed by atoms with van der Waals surface area (Å²) in [7, 11) is 6.39. The van der Waals surface area contributed by atoms with Gasteiger partial charge in [0.25, 0.3) is 0 Å². The van der Waals surface area contributed by atoms with Crippen molar-refractivity contribution in [3.8, 4) is 0 Å². The number of carbonyl (C=O) groups excluding carboxylic acids is 3. The lowest BCUT2D eigenvalue weighted by Crippen LogP contribution is -2.63. The number of methoxy groups -OCH3 is 2. The molecule has 0 aromatic heterocycles. The summed E-state index contributed by atoms with van der Waals surface area (Å²) in [5.74, 6) is -3.00. The maximum atomic E-state index is 13.5. The number of aliphatic hydroxyl groups excluding tert-OH is 4. The van der Waals surface area contributed by atoms with E-state index in [-0.39, 0.29) is 31.7 Å². The van der Waals surface area contributed by atoms with Crippen molar-refractivity contribution < 1.29 is 68.0 Å². The van der Waals surface area contributed by atoms with Crippen molar-refractivity contribution in [3.63, 3.8) is 0 Å². The summed E-state index contributed by atoms with van der Waals surface area (Å²) >= 11 is 0. The summed E-state index contributed by atoms with van der Waals surface area (Å²) in [6.45, 7) is 10.6. The van der Waals surface area contributed by atoms with E-state index in [9.17, 15) is 34.8 Å². The van der Waals surface area contributed by atoms with E-state index in [0.29, 0.717) is 6.42 Å². The minimum Gasteiger partial charge on any atom is -0.392 e. The fraction of sp³-hybridized carbons (Fsp3) is 0.821. The zero-order valence-electron chi connectivity index (χ0n) is 33.5. The van der Waals surface area contributed by atoms with E-state index in [2.05, 4.69) is 0 Å². The van der Waals surface area contributed by atoms with Crippen LogP contribution >= 0.6 is 0 Å². The average molecular weight is 773 g/mol. The first-order chi connectivity index (χ1) is 25.5. The number of aldehydes is 1. The normalized spacial score (nSPS) is 43.6. The van der Waals surface area contributed by atoms with Crippen molar-refractivity contribution in [2.24, 2.45) is 23.7 Å². The standard InChI is InChI=1S/C39H65NO14/c1-11-29-26(19-50-39-37(49-10)36(48-9)33(46)24(6)52-39)16-20(2)12-13-27(42)21(3)17-25(14-15-41)35(22(4)28(43)18-30(44)53-29)54-38-34(47)31(40(7)8)32(45)23(5)51-38/h12-13,15-16,21-26,28-29,31-39,43,45-47H,11,14,17-19H2,1-10H3/p+1/b13-12+,20-16+/t21-,22+,23-,24-,25+,26-,28-,29-,31+,32-,33-,34-,35-,36-,37-,38+,39?/m1/s1. The number of likely N-dealkylation sites (N-methyl/N-ethyl adjacent to an activating group) is 1. The SMILES string of the molecule is CC[C@H]1OC(=[OH+])C[C@@H](O)[C@H](C)[C@@H](O[C@@H]2O[C@H](C)[C@@H](O)[C@H](N(C)C)[C@H]2O)[C@@H](CC=O)C[C@@H](C)C(=O)/C=C/C(C)=C/[C@@H]1COC1O[C@H](C)[C@@H](O)[C@@H](OC)[C@H]1OC. The van der Waals surface area contributed by atoms with Crippen molar-refractivity contribution in [2.45, 2.75) is 147 Å². The van der Waals surface area contributed by atoms with Gasteiger partial charge in [0.15, 0.2) is 18.4 Å². The zero-order chi connectivity index (χ0) is 40.4. The molecule has 0 spiro atoms. The molecule has 3 aliphatic heterocycles. The van der Waals surface area contributed by atoms with Gasteiger partial charge in [0.1, 0.15) is 37.1 Å². The zero-order valence-corrected chi connectivity index (χ0v) is 33.5. The number of rotatable bonds is 11. The molecule has 17 atom stereocenters. The van der Waals surface area contributed by atoms with Crippen LogP contribution in [0.15, 0.2) is 23.8 Å². The number of carbonyl (C=O) groups is 2. The van der Waals surface area contributed by atoms with Gasteiger partial charge in [-0.1, -0.05) is 38.5 Å². The summed E-state index contributed by atoms with van der Waals surface area (Å²) in [5, 5.41) is 44.3. The number of aliphatic hydroxyl groups is 4. The van der Waals surface area contributed by atoms with Crippen LogP contribution in [0.5, 0.6) is 0 Å². The minimum absolute atomic E-state index is 0.0105. The lowest BCUT2D eigenvalue weighted by Gasteiger charge is -2.46. The third-order valence-electron chi connectivity index (χ3n) is 11.1. The Morgan fingerprint density at radius 3 is 2.15 bits per heavy atom. The molecular formula is C39H66NO14+. The fourth-order valence-electron chi connectivity index (χ4n) is 7.77. The molecule has 0 amide bonds. The minimum atomic E-state index is -1.29. The van der Waals surface area contributed by atoms with Crippen molar-refractivity contribution in [1.82, 2.24) is 4.90 Å². The highest BCUT2D eigenvalue weighted by Crippen LogP contribution is 2.35. The highest BCUT2D eigenvalue weighted by atomic mass is 16.7. The number of esters is 1. The molecule has 15 heteroatoms. The second kappa shape index (κ2) is 21.4. The Kier molecular flexibility index (Phi) is 18.3. The maximum Gasteiger partial charge on any atom is 0.485 e. The van der Waals surface area contributed by atoms with Gasteiger partial charge in [-0.05, 0) is 53.3 Å². The van der Waals surface area contributed by atoms with Crippen LogP contribution in [0.2, 0.25) is 0 Å². The van der Waals surface area contributed by atoms with Crippen LogP contribution in [0, 0.1) is 23.7 Å². The van der Waals surface area contributed by atoms with Gasteiger partial charge in [-0.25, -0.2) is 0 Å². The molecule has 3 rings (SSSR count). The van der Waals surface area contributed by atoms with Gasteiger partial charge in [-0.3, -0.25) is 4.79 Å².